The van der Waals surface area contributed by atoms with Crippen LogP contribution in [0.2, 0.25) is 0 Å². The highest BCUT2D eigenvalue weighted by Crippen LogP contribution is 2.21. The predicted octanol–water partition coefficient (Wildman–Crippen LogP) is 3.71. The Kier molecular flexibility index (Phi) is 4.13. The number of hydrogen-bond acceptors (Lipinski definition) is 2. The Morgan fingerprint density at radius 1 is 1.15 bits per heavy atom. The second kappa shape index (κ2) is 5.82. The number of methoxy groups -OCH3 is 1. The summed E-state index contributed by atoms with van der Waals surface area (Å²) in [5.74, 6) is -1.08. The highest BCUT2D eigenvalue weighted by Gasteiger charge is 2.15. The van der Waals surface area contributed by atoms with Gasteiger partial charge in [-0.15, -0.1) is 0 Å². The average Bonchev–Trinajstić information content (AvgIpc) is 2.42. The normalized spacial score (nSPS) is 10.4. The van der Waals surface area contributed by atoms with E-state index >= 15 is 0 Å². The SMILES string of the molecule is COc1ccc(C(=O)Cc2c(F)cccc2F)cc1C. The van der Waals surface area contributed by atoms with Gasteiger partial charge in [-0.2, -0.15) is 0 Å². The molecule has 2 aromatic rings. The maximum absolute atomic E-state index is 13.5. The van der Waals surface area contributed by atoms with Crippen LogP contribution < -0.4 is 4.74 Å². The molecule has 2 nitrogen and oxygen atoms in total. The van der Waals surface area contributed by atoms with Crippen LogP contribution in [-0.2, 0) is 6.42 Å². The molecule has 0 fully saturated rings. The van der Waals surface area contributed by atoms with E-state index in [1.807, 2.05) is 0 Å². The fraction of sp³-hybridized carbons (Fsp3) is 0.188. The van der Waals surface area contributed by atoms with Crippen molar-refractivity contribution in [1.82, 2.24) is 0 Å². The molecule has 2 rings (SSSR count). The number of hydrogen-bond donors (Lipinski definition) is 0. The minimum Gasteiger partial charge on any atom is -0.496 e. The number of halogens is 2. The molecule has 0 aliphatic rings. The minimum absolute atomic E-state index is 0.203. The highest BCUT2D eigenvalue weighted by atomic mass is 19.1. The van der Waals surface area contributed by atoms with Crippen LogP contribution in [0.15, 0.2) is 36.4 Å². The topological polar surface area (TPSA) is 26.3 Å². The third-order valence-electron chi connectivity index (χ3n) is 3.12. The van der Waals surface area contributed by atoms with E-state index in [9.17, 15) is 13.6 Å². The van der Waals surface area contributed by atoms with Gasteiger partial charge >= 0.3 is 0 Å². The van der Waals surface area contributed by atoms with Crippen molar-refractivity contribution in [2.45, 2.75) is 13.3 Å². The molecular formula is C16H14F2O2. The summed E-state index contributed by atoms with van der Waals surface area (Å²) in [6, 6.07) is 8.47. The van der Waals surface area contributed by atoms with Crippen LogP contribution >= 0.6 is 0 Å². The molecule has 4 heteroatoms. The molecule has 0 atom stereocenters. The molecule has 0 saturated heterocycles. The first-order valence-corrected chi connectivity index (χ1v) is 6.13. The number of aryl methyl sites for hydroxylation is 1. The zero-order chi connectivity index (χ0) is 14.7. The zero-order valence-corrected chi connectivity index (χ0v) is 11.2. The van der Waals surface area contributed by atoms with Crippen LogP contribution in [0.3, 0.4) is 0 Å². The molecule has 0 amide bonds. The Hall–Kier alpha value is -2.23. The lowest BCUT2D eigenvalue weighted by Crippen LogP contribution is -2.07. The van der Waals surface area contributed by atoms with Crippen molar-refractivity contribution < 1.29 is 18.3 Å². The Morgan fingerprint density at radius 3 is 2.35 bits per heavy atom. The lowest BCUT2D eigenvalue weighted by Gasteiger charge is -2.08. The molecule has 2 aromatic carbocycles. The van der Waals surface area contributed by atoms with E-state index in [0.29, 0.717) is 11.3 Å². The van der Waals surface area contributed by atoms with Gasteiger partial charge in [0.2, 0.25) is 0 Å². The minimum atomic E-state index is -0.705. The molecule has 0 spiro atoms. The summed E-state index contributed by atoms with van der Waals surface area (Å²) in [5, 5.41) is 0. The van der Waals surface area contributed by atoms with Crippen molar-refractivity contribution in [1.29, 1.82) is 0 Å². The first-order chi connectivity index (χ1) is 9.52. The lowest BCUT2D eigenvalue weighted by atomic mass is 10.0. The summed E-state index contributed by atoms with van der Waals surface area (Å²) < 4.78 is 32.1. The first-order valence-electron chi connectivity index (χ1n) is 6.13. The monoisotopic (exact) mass is 276 g/mol. The fourth-order valence-corrected chi connectivity index (χ4v) is 2.02. The van der Waals surface area contributed by atoms with Gasteiger partial charge in [0.15, 0.2) is 5.78 Å². The number of ether oxygens (including phenoxy) is 1. The first kappa shape index (κ1) is 14.2. The van der Waals surface area contributed by atoms with E-state index in [1.54, 1.807) is 32.2 Å². The van der Waals surface area contributed by atoms with Crippen molar-refractivity contribution in [3.05, 3.63) is 64.7 Å². The predicted molar refractivity (Wildman–Crippen MR) is 72.1 cm³/mol. The number of benzene rings is 2. The second-order valence-electron chi connectivity index (χ2n) is 4.48. The molecule has 0 bridgehead atoms. The molecule has 0 saturated carbocycles. The van der Waals surface area contributed by atoms with Gasteiger partial charge in [-0.25, -0.2) is 8.78 Å². The lowest BCUT2D eigenvalue weighted by molar-refractivity contribution is 0.0990. The largest absolute Gasteiger partial charge is 0.496 e. The van der Waals surface area contributed by atoms with Crippen LogP contribution in [0.1, 0.15) is 21.5 Å². The summed E-state index contributed by atoms with van der Waals surface area (Å²) >= 11 is 0. The maximum Gasteiger partial charge on any atom is 0.167 e. The molecule has 0 aliphatic carbocycles. The number of rotatable bonds is 4. The van der Waals surface area contributed by atoms with E-state index in [4.69, 9.17) is 4.74 Å². The van der Waals surface area contributed by atoms with Crippen molar-refractivity contribution in [2.24, 2.45) is 0 Å². The van der Waals surface area contributed by atoms with Crippen molar-refractivity contribution in [2.75, 3.05) is 7.11 Å². The van der Waals surface area contributed by atoms with Gasteiger partial charge in [-0.1, -0.05) is 6.07 Å². The average molecular weight is 276 g/mol. The molecule has 0 unspecified atom stereocenters. The molecule has 104 valence electrons. The summed E-state index contributed by atoms with van der Waals surface area (Å²) in [5.41, 5.74) is 1.00. The van der Waals surface area contributed by atoms with Gasteiger partial charge in [0.1, 0.15) is 17.4 Å². The third-order valence-corrected chi connectivity index (χ3v) is 3.12. The quantitative estimate of drug-likeness (QED) is 0.796. The molecule has 0 N–H and O–H groups in total. The van der Waals surface area contributed by atoms with Crippen molar-refractivity contribution >= 4 is 5.78 Å². The van der Waals surface area contributed by atoms with Crippen LogP contribution in [0.25, 0.3) is 0 Å². The molecule has 0 radical (unpaired) electrons. The maximum atomic E-state index is 13.5. The summed E-state index contributed by atoms with van der Waals surface area (Å²) in [6.07, 6.45) is -0.301. The van der Waals surface area contributed by atoms with Crippen molar-refractivity contribution in [3.63, 3.8) is 0 Å². The second-order valence-corrected chi connectivity index (χ2v) is 4.48. The number of carbonyl (C=O) groups is 1. The van der Waals surface area contributed by atoms with Gasteiger partial charge < -0.3 is 4.74 Å². The van der Waals surface area contributed by atoms with E-state index in [1.165, 1.54) is 6.07 Å². The summed E-state index contributed by atoms with van der Waals surface area (Å²) in [6.45, 7) is 1.80. The summed E-state index contributed by atoms with van der Waals surface area (Å²) in [4.78, 5) is 12.1. The molecule has 0 aliphatic heterocycles. The number of ketones is 1. The smallest absolute Gasteiger partial charge is 0.167 e. The zero-order valence-electron chi connectivity index (χ0n) is 11.2. The van der Waals surface area contributed by atoms with Gasteiger partial charge in [0.25, 0.3) is 0 Å². The Morgan fingerprint density at radius 2 is 1.80 bits per heavy atom. The van der Waals surface area contributed by atoms with Gasteiger partial charge in [-0.05, 0) is 42.8 Å². The summed E-state index contributed by atoms with van der Waals surface area (Å²) in [7, 11) is 1.54. The van der Waals surface area contributed by atoms with Crippen LogP contribution in [0.5, 0.6) is 5.75 Å². The molecule has 0 heterocycles. The van der Waals surface area contributed by atoms with E-state index in [-0.39, 0.29) is 17.8 Å². The molecule has 0 aromatic heterocycles. The third kappa shape index (κ3) is 2.85. The van der Waals surface area contributed by atoms with E-state index < -0.39 is 11.6 Å². The molecular weight excluding hydrogens is 262 g/mol. The Balaban J connectivity index is 2.26. The van der Waals surface area contributed by atoms with Gasteiger partial charge in [0, 0.05) is 17.5 Å². The highest BCUT2D eigenvalue weighted by molar-refractivity contribution is 5.97. The molecule has 20 heavy (non-hydrogen) atoms. The Bertz CT molecular complexity index is 631. The van der Waals surface area contributed by atoms with E-state index in [0.717, 1.165) is 17.7 Å². The fourth-order valence-electron chi connectivity index (χ4n) is 2.02. The van der Waals surface area contributed by atoms with Crippen LogP contribution in [0, 0.1) is 18.6 Å². The van der Waals surface area contributed by atoms with Crippen LogP contribution in [0.4, 0.5) is 8.78 Å². The number of carbonyl (C=O) groups excluding carboxylic acids is 1. The van der Waals surface area contributed by atoms with Crippen molar-refractivity contribution in [3.8, 4) is 5.75 Å². The standard InChI is InChI=1S/C16H14F2O2/c1-10-8-11(6-7-16(10)20-2)15(19)9-12-13(17)4-3-5-14(12)18/h3-8H,9H2,1-2H3. The van der Waals surface area contributed by atoms with Gasteiger partial charge in [-0.3, -0.25) is 4.79 Å². The number of Topliss-reactive ketones (excluding diaryl/α,β-unsaturated/α-hetero) is 1. The van der Waals surface area contributed by atoms with Crippen LogP contribution in [-0.4, -0.2) is 12.9 Å². The Labute approximate surface area is 116 Å². The van der Waals surface area contributed by atoms with E-state index in [2.05, 4.69) is 0 Å². The van der Waals surface area contributed by atoms with Gasteiger partial charge in [0.05, 0.1) is 7.11 Å².